The number of hydrogen-bond donors (Lipinski definition) is 1. The molecule has 1 heterocycles. The van der Waals surface area contributed by atoms with Gasteiger partial charge in [-0.1, -0.05) is 41.4 Å². The standard InChI is InChI=1S/C18H11Cl2NO5/c19-11-6-12(20)8-13(7-11)21-16(22)9-25-17(23)14-5-10-3-1-2-4-15(10)26-18(14)24/h1-8H,9H2,(H,21,22). The Labute approximate surface area is 157 Å². The maximum absolute atomic E-state index is 12.1. The SMILES string of the molecule is O=C(COC(=O)c1cc2ccccc2oc1=O)Nc1cc(Cl)cc(Cl)c1. The summed E-state index contributed by atoms with van der Waals surface area (Å²) >= 11 is 11.7. The number of anilines is 1. The van der Waals surface area contributed by atoms with E-state index in [-0.39, 0.29) is 5.56 Å². The molecule has 0 aliphatic heterocycles. The molecule has 1 N–H and O–H groups in total. The molecule has 3 aromatic rings. The molecular formula is C18H11Cl2NO5. The van der Waals surface area contributed by atoms with Crippen molar-refractivity contribution in [2.45, 2.75) is 0 Å². The van der Waals surface area contributed by atoms with E-state index in [1.54, 1.807) is 24.3 Å². The first-order valence-electron chi connectivity index (χ1n) is 7.38. The predicted octanol–water partition coefficient (Wildman–Crippen LogP) is 3.90. The van der Waals surface area contributed by atoms with Crippen molar-refractivity contribution in [2.24, 2.45) is 0 Å². The number of hydrogen-bond acceptors (Lipinski definition) is 5. The van der Waals surface area contributed by atoms with Crippen molar-refractivity contribution in [3.8, 4) is 0 Å². The average molecular weight is 392 g/mol. The fourth-order valence-electron chi connectivity index (χ4n) is 2.24. The van der Waals surface area contributed by atoms with Gasteiger partial charge in [-0.2, -0.15) is 0 Å². The lowest BCUT2D eigenvalue weighted by Gasteiger charge is -2.07. The number of para-hydroxylation sites is 1. The van der Waals surface area contributed by atoms with Gasteiger partial charge in [-0.25, -0.2) is 9.59 Å². The van der Waals surface area contributed by atoms with Crippen LogP contribution in [-0.4, -0.2) is 18.5 Å². The Hall–Kier alpha value is -2.83. The van der Waals surface area contributed by atoms with Gasteiger partial charge in [-0.15, -0.1) is 0 Å². The van der Waals surface area contributed by atoms with Crippen molar-refractivity contribution in [1.29, 1.82) is 0 Å². The van der Waals surface area contributed by atoms with E-state index in [4.69, 9.17) is 32.4 Å². The molecule has 6 nitrogen and oxygen atoms in total. The molecule has 3 rings (SSSR count). The third-order valence-electron chi connectivity index (χ3n) is 3.34. The van der Waals surface area contributed by atoms with E-state index in [1.807, 2.05) is 0 Å². The van der Waals surface area contributed by atoms with Gasteiger partial charge in [0.25, 0.3) is 5.91 Å². The number of carbonyl (C=O) groups is 2. The van der Waals surface area contributed by atoms with Gasteiger partial charge in [0.15, 0.2) is 6.61 Å². The minimum absolute atomic E-state index is 0.290. The molecule has 132 valence electrons. The van der Waals surface area contributed by atoms with Crippen LogP contribution in [0.1, 0.15) is 10.4 Å². The van der Waals surface area contributed by atoms with Crippen molar-refractivity contribution in [3.05, 3.63) is 74.6 Å². The normalized spacial score (nSPS) is 10.5. The summed E-state index contributed by atoms with van der Waals surface area (Å²) in [5, 5.41) is 3.75. The summed E-state index contributed by atoms with van der Waals surface area (Å²) in [7, 11) is 0. The Morgan fingerprint density at radius 3 is 2.46 bits per heavy atom. The largest absolute Gasteiger partial charge is 0.452 e. The number of nitrogens with one attached hydrogen (secondary N) is 1. The third kappa shape index (κ3) is 4.22. The number of rotatable bonds is 4. The van der Waals surface area contributed by atoms with Crippen LogP contribution in [0.25, 0.3) is 11.0 Å². The molecule has 0 radical (unpaired) electrons. The zero-order chi connectivity index (χ0) is 18.7. The number of fused-ring (bicyclic) bond motifs is 1. The highest BCUT2D eigenvalue weighted by Gasteiger charge is 2.16. The minimum Gasteiger partial charge on any atom is -0.452 e. The highest BCUT2D eigenvalue weighted by Crippen LogP contribution is 2.22. The summed E-state index contributed by atoms with van der Waals surface area (Å²) in [6, 6.07) is 12.6. The van der Waals surface area contributed by atoms with Crippen molar-refractivity contribution in [3.63, 3.8) is 0 Å². The van der Waals surface area contributed by atoms with Crippen molar-refractivity contribution in [1.82, 2.24) is 0 Å². The van der Waals surface area contributed by atoms with Crippen LogP contribution in [0.5, 0.6) is 0 Å². The van der Waals surface area contributed by atoms with E-state index in [1.165, 1.54) is 24.3 Å². The molecule has 0 spiro atoms. The Bertz CT molecular complexity index is 1040. The molecule has 0 saturated carbocycles. The van der Waals surface area contributed by atoms with Gasteiger partial charge in [-0.3, -0.25) is 4.79 Å². The van der Waals surface area contributed by atoms with E-state index in [9.17, 15) is 14.4 Å². The first-order valence-corrected chi connectivity index (χ1v) is 8.14. The smallest absolute Gasteiger partial charge is 0.351 e. The van der Waals surface area contributed by atoms with Crippen molar-refractivity contribution >= 4 is 51.7 Å². The van der Waals surface area contributed by atoms with Crippen LogP contribution in [0.4, 0.5) is 5.69 Å². The Kier molecular flexibility index (Phi) is 5.25. The molecule has 1 amide bonds. The monoisotopic (exact) mass is 391 g/mol. The number of carbonyl (C=O) groups excluding carboxylic acids is 2. The molecule has 0 aliphatic rings. The average Bonchev–Trinajstić information content (AvgIpc) is 2.58. The zero-order valence-corrected chi connectivity index (χ0v) is 14.6. The molecule has 0 saturated heterocycles. The molecular weight excluding hydrogens is 381 g/mol. The zero-order valence-electron chi connectivity index (χ0n) is 13.1. The maximum Gasteiger partial charge on any atom is 0.351 e. The second-order valence-electron chi connectivity index (χ2n) is 5.27. The van der Waals surface area contributed by atoms with Gasteiger partial charge in [0, 0.05) is 21.1 Å². The van der Waals surface area contributed by atoms with Crippen LogP contribution >= 0.6 is 23.2 Å². The summed E-state index contributed by atoms with van der Waals surface area (Å²) in [6.07, 6.45) is 0. The molecule has 0 atom stereocenters. The second-order valence-corrected chi connectivity index (χ2v) is 6.14. The summed E-state index contributed by atoms with van der Waals surface area (Å²) in [6.45, 7) is -0.588. The van der Waals surface area contributed by atoms with Crippen LogP contribution in [0, 0.1) is 0 Å². The van der Waals surface area contributed by atoms with E-state index in [0.29, 0.717) is 26.7 Å². The van der Waals surface area contributed by atoms with Gasteiger partial charge in [0.1, 0.15) is 11.1 Å². The Morgan fingerprint density at radius 1 is 1.04 bits per heavy atom. The van der Waals surface area contributed by atoms with Gasteiger partial charge >= 0.3 is 11.6 Å². The van der Waals surface area contributed by atoms with Gasteiger partial charge in [-0.05, 0) is 30.3 Å². The molecule has 1 aromatic heterocycles. The molecule has 0 bridgehead atoms. The topological polar surface area (TPSA) is 85.6 Å². The molecule has 0 unspecified atom stereocenters. The lowest BCUT2D eigenvalue weighted by atomic mass is 10.2. The lowest BCUT2D eigenvalue weighted by Crippen LogP contribution is -2.23. The summed E-state index contributed by atoms with van der Waals surface area (Å²) < 4.78 is 9.93. The first-order chi connectivity index (χ1) is 12.4. The predicted molar refractivity (Wildman–Crippen MR) is 97.9 cm³/mol. The van der Waals surface area contributed by atoms with E-state index >= 15 is 0 Å². The second kappa shape index (κ2) is 7.59. The van der Waals surface area contributed by atoms with Gasteiger partial charge in [0.05, 0.1) is 0 Å². The minimum atomic E-state index is -0.955. The number of halogens is 2. The van der Waals surface area contributed by atoms with Crippen LogP contribution in [0.2, 0.25) is 10.0 Å². The van der Waals surface area contributed by atoms with Crippen LogP contribution in [0.15, 0.2) is 57.7 Å². The Balaban J connectivity index is 1.67. The number of benzene rings is 2. The van der Waals surface area contributed by atoms with E-state index in [0.717, 1.165) is 0 Å². The summed E-state index contributed by atoms with van der Waals surface area (Å²) in [5.74, 6) is -1.56. The van der Waals surface area contributed by atoms with Gasteiger partial charge in [0.2, 0.25) is 0 Å². The maximum atomic E-state index is 12.1. The number of esters is 1. The van der Waals surface area contributed by atoms with Crippen LogP contribution in [0.3, 0.4) is 0 Å². The molecule has 26 heavy (non-hydrogen) atoms. The fraction of sp³-hybridized carbons (Fsp3) is 0.0556. The summed E-state index contributed by atoms with van der Waals surface area (Å²) in [4.78, 5) is 35.8. The van der Waals surface area contributed by atoms with E-state index in [2.05, 4.69) is 5.32 Å². The van der Waals surface area contributed by atoms with E-state index < -0.39 is 24.1 Å². The molecule has 0 aliphatic carbocycles. The highest BCUT2D eigenvalue weighted by molar-refractivity contribution is 6.35. The molecule has 2 aromatic carbocycles. The van der Waals surface area contributed by atoms with Gasteiger partial charge < -0.3 is 14.5 Å². The quantitative estimate of drug-likeness (QED) is 0.538. The molecule has 0 fully saturated rings. The number of amides is 1. The fourth-order valence-corrected chi connectivity index (χ4v) is 2.76. The molecule has 8 heteroatoms. The first kappa shape index (κ1) is 18.0. The number of ether oxygens (including phenoxy) is 1. The summed E-state index contributed by atoms with van der Waals surface area (Å²) in [5.41, 5.74) is -0.420. The van der Waals surface area contributed by atoms with Crippen molar-refractivity contribution < 1.29 is 18.7 Å². The lowest BCUT2D eigenvalue weighted by molar-refractivity contribution is -0.119. The van der Waals surface area contributed by atoms with Crippen LogP contribution < -0.4 is 10.9 Å². The Morgan fingerprint density at radius 2 is 1.73 bits per heavy atom. The highest BCUT2D eigenvalue weighted by atomic mass is 35.5. The third-order valence-corrected chi connectivity index (χ3v) is 3.78. The van der Waals surface area contributed by atoms with Crippen LogP contribution in [-0.2, 0) is 9.53 Å². The van der Waals surface area contributed by atoms with Crippen molar-refractivity contribution in [2.75, 3.05) is 11.9 Å².